The van der Waals surface area contributed by atoms with Crippen LogP contribution in [-0.4, -0.2) is 20.3 Å². The number of tetrazole rings is 1. The Balaban J connectivity index is 2.47. The Morgan fingerprint density at radius 2 is 1.92 bits per heavy atom. The number of nitrogen functional groups attached to an aromatic ring is 1. The second kappa shape index (κ2) is 3.29. The predicted octanol–water partition coefficient (Wildman–Crippen LogP) is 0.659. The van der Waals surface area contributed by atoms with E-state index in [0.717, 1.165) is 13.9 Å². The largest absolute Gasteiger partial charge is 0.320 e. The molecule has 1 aromatic carbocycles. The molecule has 0 amide bonds. The van der Waals surface area contributed by atoms with Gasteiger partial charge in [0.15, 0.2) is 0 Å². The monoisotopic (exact) mass is 287 g/mol. The number of hydrogen-bond donors (Lipinski definition) is 1. The lowest BCUT2D eigenvalue weighted by molar-refractivity contribution is 0.759. The lowest BCUT2D eigenvalue weighted by Gasteiger charge is -1.97. The van der Waals surface area contributed by atoms with Crippen LogP contribution < -0.4 is 5.84 Å². The summed E-state index contributed by atoms with van der Waals surface area (Å²) in [4.78, 5) is 1.15. The molecule has 0 atom stereocenters. The first kappa shape index (κ1) is 8.42. The summed E-state index contributed by atoms with van der Waals surface area (Å²) in [5, 5.41) is 10.8. The highest BCUT2D eigenvalue weighted by Crippen LogP contribution is 2.15. The van der Waals surface area contributed by atoms with Gasteiger partial charge in [-0.3, -0.25) is 0 Å². The van der Waals surface area contributed by atoms with Crippen molar-refractivity contribution < 1.29 is 0 Å². The summed E-state index contributed by atoms with van der Waals surface area (Å²) in [6.07, 6.45) is 0. The minimum Gasteiger partial charge on any atom is -0.320 e. The Bertz CT molecular complexity index is 407. The minimum absolute atomic E-state index is 0.566. The van der Waals surface area contributed by atoms with E-state index >= 15 is 0 Å². The molecule has 6 heteroatoms. The Morgan fingerprint density at radius 3 is 2.46 bits per heavy atom. The maximum absolute atomic E-state index is 5.49. The number of nitrogens with two attached hydrogens (primary N) is 1. The molecule has 0 saturated carbocycles. The molecule has 2 N–H and O–H groups in total. The molecule has 2 rings (SSSR count). The summed E-state index contributed by atoms with van der Waals surface area (Å²) in [6, 6.07) is 7.81. The molecule has 5 nitrogen and oxygen atoms in total. The first-order chi connectivity index (χ1) is 6.27. The van der Waals surface area contributed by atoms with E-state index in [-0.39, 0.29) is 0 Å². The number of hydrogen-bond acceptors (Lipinski definition) is 4. The van der Waals surface area contributed by atoms with Crippen molar-refractivity contribution in [3.63, 3.8) is 0 Å². The smallest absolute Gasteiger partial charge is 0.204 e. The number of rotatable bonds is 1. The van der Waals surface area contributed by atoms with Crippen LogP contribution in [0.3, 0.4) is 0 Å². The zero-order chi connectivity index (χ0) is 9.26. The van der Waals surface area contributed by atoms with Crippen LogP contribution in [-0.2, 0) is 0 Å². The quantitative estimate of drug-likeness (QED) is 0.618. The molecule has 0 fully saturated rings. The average Bonchev–Trinajstić information content (AvgIpc) is 2.53. The molecular weight excluding hydrogens is 281 g/mol. The molecular formula is C7H6IN5. The zero-order valence-electron chi connectivity index (χ0n) is 6.55. The number of aromatic nitrogens is 4. The van der Waals surface area contributed by atoms with Gasteiger partial charge in [0, 0.05) is 9.13 Å². The Morgan fingerprint density at radius 1 is 1.23 bits per heavy atom. The van der Waals surface area contributed by atoms with Gasteiger partial charge < -0.3 is 5.84 Å². The SMILES string of the molecule is Nn1nnnc1-c1ccc(I)cc1. The molecule has 0 bridgehead atoms. The Kier molecular flexibility index (Phi) is 2.13. The van der Waals surface area contributed by atoms with Crippen molar-refractivity contribution in [2.45, 2.75) is 0 Å². The standard InChI is InChI=1S/C7H6IN5/c8-6-3-1-5(2-4-6)7-10-11-12-13(7)9/h1-4H,9H2. The topological polar surface area (TPSA) is 69.6 Å². The summed E-state index contributed by atoms with van der Waals surface area (Å²) >= 11 is 2.23. The van der Waals surface area contributed by atoms with Gasteiger partial charge in [0.25, 0.3) is 0 Å². The highest BCUT2D eigenvalue weighted by atomic mass is 127. The highest BCUT2D eigenvalue weighted by Gasteiger charge is 2.04. The second-order valence-corrected chi connectivity index (χ2v) is 3.70. The summed E-state index contributed by atoms with van der Waals surface area (Å²) in [5.74, 6) is 6.06. The molecule has 66 valence electrons. The van der Waals surface area contributed by atoms with Gasteiger partial charge in [-0.15, -0.1) is 9.89 Å². The Hall–Kier alpha value is -1.18. The third-order valence-corrected chi connectivity index (χ3v) is 2.31. The van der Waals surface area contributed by atoms with Crippen molar-refractivity contribution in [3.05, 3.63) is 27.8 Å². The molecule has 13 heavy (non-hydrogen) atoms. The third-order valence-electron chi connectivity index (χ3n) is 1.60. The summed E-state index contributed by atoms with van der Waals surface area (Å²) < 4.78 is 1.16. The normalized spacial score (nSPS) is 10.2. The average molecular weight is 287 g/mol. The molecule has 2 aromatic rings. The van der Waals surface area contributed by atoms with Gasteiger partial charge in [-0.25, -0.2) is 0 Å². The molecule has 1 aromatic heterocycles. The van der Waals surface area contributed by atoms with E-state index < -0.39 is 0 Å². The van der Waals surface area contributed by atoms with Gasteiger partial charge in [-0.05, 0) is 45.2 Å². The molecule has 1 heterocycles. The maximum atomic E-state index is 5.49. The molecule has 0 aliphatic carbocycles. The number of benzene rings is 1. The summed E-state index contributed by atoms with van der Waals surface area (Å²) in [7, 11) is 0. The van der Waals surface area contributed by atoms with Gasteiger partial charge in [-0.1, -0.05) is 12.1 Å². The van der Waals surface area contributed by atoms with E-state index in [2.05, 4.69) is 38.1 Å². The Labute approximate surface area is 88.0 Å². The van der Waals surface area contributed by atoms with E-state index in [1.807, 2.05) is 24.3 Å². The van der Waals surface area contributed by atoms with Crippen LogP contribution in [0.25, 0.3) is 11.4 Å². The maximum Gasteiger partial charge on any atom is 0.204 e. The van der Waals surface area contributed by atoms with Crippen molar-refractivity contribution in [3.8, 4) is 11.4 Å². The van der Waals surface area contributed by atoms with Crippen molar-refractivity contribution in [2.75, 3.05) is 5.84 Å². The fraction of sp³-hybridized carbons (Fsp3) is 0. The van der Waals surface area contributed by atoms with Crippen LogP contribution in [0, 0.1) is 3.57 Å². The van der Waals surface area contributed by atoms with E-state index in [4.69, 9.17) is 5.84 Å². The van der Waals surface area contributed by atoms with E-state index in [1.165, 1.54) is 0 Å². The zero-order valence-corrected chi connectivity index (χ0v) is 8.71. The van der Waals surface area contributed by atoms with Crippen LogP contribution >= 0.6 is 22.6 Å². The minimum atomic E-state index is 0.566. The van der Waals surface area contributed by atoms with Gasteiger partial charge in [0.05, 0.1) is 0 Å². The molecule has 0 saturated heterocycles. The van der Waals surface area contributed by atoms with Gasteiger partial charge >= 0.3 is 0 Å². The predicted molar refractivity (Wildman–Crippen MR) is 56.1 cm³/mol. The number of halogens is 1. The van der Waals surface area contributed by atoms with Gasteiger partial charge in [0.2, 0.25) is 5.82 Å². The van der Waals surface area contributed by atoms with Crippen molar-refractivity contribution in [2.24, 2.45) is 0 Å². The number of nitrogens with zero attached hydrogens (tertiary/aromatic N) is 4. The lowest BCUT2D eigenvalue weighted by atomic mass is 10.2. The lowest BCUT2D eigenvalue weighted by Crippen LogP contribution is -2.11. The van der Waals surface area contributed by atoms with Crippen LogP contribution in [0.5, 0.6) is 0 Å². The van der Waals surface area contributed by atoms with E-state index in [1.54, 1.807) is 0 Å². The second-order valence-electron chi connectivity index (χ2n) is 2.45. The molecule has 0 aliphatic rings. The van der Waals surface area contributed by atoms with Crippen molar-refractivity contribution in [1.29, 1.82) is 0 Å². The first-order valence-electron chi connectivity index (χ1n) is 3.57. The van der Waals surface area contributed by atoms with Crippen LogP contribution in [0.1, 0.15) is 0 Å². The third kappa shape index (κ3) is 1.62. The van der Waals surface area contributed by atoms with Gasteiger partial charge in [0.1, 0.15) is 0 Å². The first-order valence-corrected chi connectivity index (χ1v) is 4.64. The van der Waals surface area contributed by atoms with Gasteiger partial charge in [-0.2, -0.15) is 0 Å². The highest BCUT2D eigenvalue weighted by molar-refractivity contribution is 14.1. The van der Waals surface area contributed by atoms with Crippen LogP contribution in [0.4, 0.5) is 0 Å². The summed E-state index contributed by atoms with van der Waals surface area (Å²) in [6.45, 7) is 0. The van der Waals surface area contributed by atoms with Crippen LogP contribution in [0.15, 0.2) is 24.3 Å². The molecule has 0 unspecified atom stereocenters. The summed E-state index contributed by atoms with van der Waals surface area (Å²) in [5.41, 5.74) is 0.910. The van der Waals surface area contributed by atoms with Crippen molar-refractivity contribution >= 4 is 22.6 Å². The molecule has 0 spiro atoms. The molecule has 0 radical (unpaired) electrons. The molecule has 0 aliphatic heterocycles. The van der Waals surface area contributed by atoms with Crippen molar-refractivity contribution in [1.82, 2.24) is 20.3 Å². The van der Waals surface area contributed by atoms with Crippen LogP contribution in [0.2, 0.25) is 0 Å². The van der Waals surface area contributed by atoms with E-state index in [0.29, 0.717) is 5.82 Å². The fourth-order valence-electron chi connectivity index (χ4n) is 0.983. The van der Waals surface area contributed by atoms with E-state index in [9.17, 15) is 0 Å². The fourth-order valence-corrected chi connectivity index (χ4v) is 1.34.